The molecule has 0 fully saturated rings. The fourth-order valence-electron chi connectivity index (χ4n) is 1.16. The van der Waals surface area contributed by atoms with Gasteiger partial charge in [-0.3, -0.25) is 0 Å². The second-order valence-electron chi connectivity index (χ2n) is 3.37. The standard InChI is InChI=1S/C9H11BrFN3O4S/c10-5-3-6(11)7(12)4-8(5)19(16,17)14-1-2-18-9(13)15/h3-4,14H,1-2,12H2,(H2,13,15). The monoisotopic (exact) mass is 355 g/mol. The molecule has 10 heteroatoms. The second kappa shape index (κ2) is 6.17. The fraction of sp³-hybridized carbons (Fsp3) is 0.222. The number of nitrogens with two attached hydrogens (primary N) is 2. The van der Waals surface area contributed by atoms with Crippen LogP contribution in [0.5, 0.6) is 0 Å². The zero-order valence-electron chi connectivity index (χ0n) is 9.52. The first kappa shape index (κ1) is 15.7. The maximum absolute atomic E-state index is 13.1. The fourth-order valence-corrected chi connectivity index (χ4v) is 3.22. The van der Waals surface area contributed by atoms with Crippen molar-refractivity contribution in [3.63, 3.8) is 0 Å². The number of ether oxygens (including phenoxy) is 1. The van der Waals surface area contributed by atoms with E-state index in [0.29, 0.717) is 0 Å². The van der Waals surface area contributed by atoms with Crippen molar-refractivity contribution in [2.24, 2.45) is 5.73 Å². The highest BCUT2D eigenvalue weighted by atomic mass is 79.9. The second-order valence-corrected chi connectivity index (χ2v) is 5.96. The van der Waals surface area contributed by atoms with Crippen molar-refractivity contribution < 1.29 is 22.3 Å². The molecule has 0 bridgehead atoms. The highest BCUT2D eigenvalue weighted by Crippen LogP contribution is 2.26. The molecule has 5 N–H and O–H groups in total. The molecule has 0 unspecified atom stereocenters. The third kappa shape index (κ3) is 4.33. The number of amides is 1. The average molecular weight is 356 g/mol. The average Bonchev–Trinajstić information content (AvgIpc) is 2.29. The molecule has 1 rings (SSSR count). The van der Waals surface area contributed by atoms with Gasteiger partial charge >= 0.3 is 6.09 Å². The van der Waals surface area contributed by atoms with Crippen molar-refractivity contribution in [3.8, 4) is 0 Å². The molecular formula is C9H11BrFN3O4S. The number of benzene rings is 1. The van der Waals surface area contributed by atoms with Gasteiger partial charge in [0.25, 0.3) is 0 Å². The molecule has 106 valence electrons. The van der Waals surface area contributed by atoms with E-state index in [1.807, 2.05) is 0 Å². The summed E-state index contributed by atoms with van der Waals surface area (Å²) in [5, 5.41) is 0. The Balaban J connectivity index is 2.83. The lowest BCUT2D eigenvalue weighted by molar-refractivity contribution is 0.159. The van der Waals surface area contributed by atoms with Gasteiger partial charge in [-0.15, -0.1) is 0 Å². The highest BCUT2D eigenvalue weighted by Gasteiger charge is 2.19. The maximum Gasteiger partial charge on any atom is 0.404 e. The van der Waals surface area contributed by atoms with Crippen LogP contribution >= 0.6 is 15.9 Å². The molecule has 0 aliphatic rings. The summed E-state index contributed by atoms with van der Waals surface area (Å²) >= 11 is 2.93. The van der Waals surface area contributed by atoms with E-state index < -0.39 is 21.9 Å². The Morgan fingerprint density at radius 1 is 1.47 bits per heavy atom. The minimum absolute atomic E-state index is 0.0301. The van der Waals surface area contributed by atoms with Crippen LogP contribution in [0.2, 0.25) is 0 Å². The van der Waals surface area contributed by atoms with Crippen LogP contribution in [0.3, 0.4) is 0 Å². The Labute approximate surface area is 117 Å². The van der Waals surface area contributed by atoms with E-state index >= 15 is 0 Å². The van der Waals surface area contributed by atoms with Crippen molar-refractivity contribution >= 4 is 37.7 Å². The van der Waals surface area contributed by atoms with Gasteiger partial charge in [0.1, 0.15) is 12.4 Å². The number of sulfonamides is 1. The summed E-state index contributed by atoms with van der Waals surface area (Å²) in [7, 11) is -3.90. The zero-order valence-corrected chi connectivity index (χ0v) is 11.9. The molecule has 0 heterocycles. The van der Waals surface area contributed by atoms with Gasteiger partial charge in [-0.05, 0) is 28.1 Å². The lowest BCUT2D eigenvalue weighted by Crippen LogP contribution is -2.29. The summed E-state index contributed by atoms with van der Waals surface area (Å²) in [6, 6.07) is 1.93. The zero-order chi connectivity index (χ0) is 14.6. The molecule has 1 aromatic carbocycles. The van der Waals surface area contributed by atoms with Gasteiger partial charge in [-0.25, -0.2) is 22.3 Å². The van der Waals surface area contributed by atoms with Crippen LogP contribution in [0, 0.1) is 5.82 Å². The van der Waals surface area contributed by atoms with E-state index in [1.165, 1.54) is 0 Å². The van der Waals surface area contributed by atoms with Crippen LogP contribution in [0.15, 0.2) is 21.5 Å². The van der Waals surface area contributed by atoms with E-state index in [2.05, 4.69) is 25.4 Å². The van der Waals surface area contributed by atoms with E-state index in [4.69, 9.17) is 11.5 Å². The summed E-state index contributed by atoms with van der Waals surface area (Å²) < 4.78 is 43.4. The Bertz CT molecular complexity index is 593. The van der Waals surface area contributed by atoms with Crippen LogP contribution in [0.4, 0.5) is 14.9 Å². The SMILES string of the molecule is NC(=O)OCCNS(=O)(=O)c1cc(N)c(F)cc1Br. The van der Waals surface area contributed by atoms with Gasteiger partial charge in [-0.1, -0.05) is 0 Å². The lowest BCUT2D eigenvalue weighted by Gasteiger charge is -2.09. The Hall–Kier alpha value is -1.39. The van der Waals surface area contributed by atoms with Crippen LogP contribution < -0.4 is 16.2 Å². The van der Waals surface area contributed by atoms with Crippen molar-refractivity contribution in [2.45, 2.75) is 4.90 Å². The topological polar surface area (TPSA) is 125 Å². The van der Waals surface area contributed by atoms with Gasteiger partial charge < -0.3 is 16.2 Å². The number of hydrogen-bond acceptors (Lipinski definition) is 5. The first-order chi connectivity index (χ1) is 8.74. The van der Waals surface area contributed by atoms with E-state index in [9.17, 15) is 17.6 Å². The molecule has 0 atom stereocenters. The van der Waals surface area contributed by atoms with Gasteiger partial charge in [0, 0.05) is 11.0 Å². The van der Waals surface area contributed by atoms with Gasteiger partial charge in [0.15, 0.2) is 0 Å². The highest BCUT2D eigenvalue weighted by molar-refractivity contribution is 9.10. The largest absolute Gasteiger partial charge is 0.448 e. The third-order valence-electron chi connectivity index (χ3n) is 1.98. The Morgan fingerprint density at radius 2 is 2.11 bits per heavy atom. The van der Waals surface area contributed by atoms with Gasteiger partial charge in [0.2, 0.25) is 10.0 Å². The molecule has 0 aliphatic carbocycles. The minimum atomic E-state index is -3.90. The molecule has 0 saturated carbocycles. The van der Waals surface area contributed by atoms with E-state index in [1.54, 1.807) is 0 Å². The predicted molar refractivity (Wildman–Crippen MR) is 69.2 cm³/mol. The lowest BCUT2D eigenvalue weighted by atomic mass is 10.3. The summed E-state index contributed by atoms with van der Waals surface area (Å²) in [5.74, 6) is -0.733. The molecule has 1 amide bonds. The smallest absolute Gasteiger partial charge is 0.404 e. The molecule has 19 heavy (non-hydrogen) atoms. The quantitative estimate of drug-likeness (QED) is 0.525. The van der Waals surface area contributed by atoms with Gasteiger partial charge in [0.05, 0.1) is 10.6 Å². The predicted octanol–water partition coefficient (Wildman–Crippen LogP) is 0.544. The molecule has 0 spiro atoms. The minimum Gasteiger partial charge on any atom is -0.448 e. The number of halogens is 2. The van der Waals surface area contributed by atoms with Crippen LogP contribution in [-0.2, 0) is 14.8 Å². The maximum atomic E-state index is 13.1. The molecule has 7 nitrogen and oxygen atoms in total. The summed E-state index contributed by atoms with van der Waals surface area (Å²) in [6.07, 6.45) is -1.01. The first-order valence-electron chi connectivity index (χ1n) is 4.90. The number of carbonyl (C=O) groups excluding carboxylic acids is 1. The van der Waals surface area contributed by atoms with Crippen LogP contribution in [0.1, 0.15) is 0 Å². The molecule has 0 aliphatic heterocycles. The van der Waals surface area contributed by atoms with Gasteiger partial charge in [-0.2, -0.15) is 0 Å². The normalized spacial score (nSPS) is 11.3. The first-order valence-corrected chi connectivity index (χ1v) is 7.18. The number of rotatable bonds is 5. The summed E-state index contributed by atoms with van der Waals surface area (Å²) in [5.41, 5.74) is 9.72. The number of primary amides is 1. The van der Waals surface area contributed by atoms with Crippen molar-refractivity contribution in [3.05, 3.63) is 22.4 Å². The summed E-state index contributed by atoms with van der Waals surface area (Å²) in [4.78, 5) is 10.1. The number of hydrogen-bond donors (Lipinski definition) is 3. The third-order valence-corrected chi connectivity index (χ3v) is 4.40. The van der Waals surface area contributed by atoms with Crippen molar-refractivity contribution in [1.82, 2.24) is 4.72 Å². The summed E-state index contributed by atoms with van der Waals surface area (Å²) in [6.45, 7) is -0.391. The van der Waals surface area contributed by atoms with Crippen molar-refractivity contribution in [1.29, 1.82) is 0 Å². The molecule has 1 aromatic rings. The van der Waals surface area contributed by atoms with E-state index in [0.717, 1.165) is 12.1 Å². The Kier molecular flexibility index (Phi) is 5.09. The molecular weight excluding hydrogens is 345 g/mol. The van der Waals surface area contributed by atoms with E-state index in [-0.39, 0.29) is 28.2 Å². The number of anilines is 1. The van der Waals surface area contributed by atoms with Crippen molar-refractivity contribution in [2.75, 3.05) is 18.9 Å². The number of nitrogens with one attached hydrogen (secondary N) is 1. The molecule has 0 saturated heterocycles. The molecule has 0 radical (unpaired) electrons. The number of nitrogen functional groups attached to an aromatic ring is 1. The van der Waals surface area contributed by atoms with Crippen LogP contribution in [-0.4, -0.2) is 27.7 Å². The Morgan fingerprint density at radius 3 is 2.68 bits per heavy atom. The van der Waals surface area contributed by atoms with Crippen LogP contribution in [0.25, 0.3) is 0 Å². The molecule has 0 aromatic heterocycles. The number of carbonyl (C=O) groups is 1.